The summed E-state index contributed by atoms with van der Waals surface area (Å²) in [6, 6.07) is 18.8. The van der Waals surface area contributed by atoms with Gasteiger partial charge in [-0.2, -0.15) is 0 Å². The molecule has 2 aromatic carbocycles. The molecular formula is C25H27ClN6OS. The number of benzene rings is 2. The number of carbonyl (C=O) groups is 1. The molecule has 3 N–H and O–H groups in total. The zero-order chi connectivity index (χ0) is 24.1. The van der Waals surface area contributed by atoms with Gasteiger partial charge in [0, 0.05) is 42.9 Å². The van der Waals surface area contributed by atoms with Crippen molar-refractivity contribution < 1.29 is 4.79 Å². The highest BCUT2D eigenvalue weighted by molar-refractivity contribution is 7.80. The first-order valence-corrected chi connectivity index (χ1v) is 11.8. The van der Waals surface area contributed by atoms with Crippen LogP contribution in [-0.2, 0) is 0 Å². The molecule has 34 heavy (non-hydrogen) atoms. The van der Waals surface area contributed by atoms with Crippen LogP contribution in [0.1, 0.15) is 16.9 Å². The van der Waals surface area contributed by atoms with Crippen LogP contribution in [0, 0.1) is 0 Å². The molecule has 2 heterocycles. The zero-order valence-electron chi connectivity index (χ0n) is 19.1. The van der Waals surface area contributed by atoms with Gasteiger partial charge in [-0.15, -0.1) is 0 Å². The number of halogens is 1. The van der Waals surface area contributed by atoms with E-state index in [0.29, 0.717) is 27.6 Å². The number of carbonyl (C=O) groups excluding carboxylic acids is 1. The number of pyridine rings is 1. The Kier molecular flexibility index (Phi) is 7.62. The van der Waals surface area contributed by atoms with Gasteiger partial charge in [0.2, 0.25) is 0 Å². The number of likely N-dealkylation sites (tertiary alicyclic amines) is 1. The molecule has 0 bridgehead atoms. The fourth-order valence-corrected chi connectivity index (χ4v) is 4.47. The van der Waals surface area contributed by atoms with Crippen molar-refractivity contribution in [2.45, 2.75) is 12.5 Å². The fourth-order valence-electron chi connectivity index (χ4n) is 3.92. The van der Waals surface area contributed by atoms with E-state index in [9.17, 15) is 4.79 Å². The molecule has 1 aliphatic rings. The summed E-state index contributed by atoms with van der Waals surface area (Å²) < 4.78 is 0. The molecule has 0 radical (unpaired) electrons. The molecule has 7 nitrogen and oxygen atoms in total. The topological polar surface area (TPSA) is 72.5 Å². The van der Waals surface area contributed by atoms with E-state index >= 15 is 0 Å². The van der Waals surface area contributed by atoms with Crippen LogP contribution >= 0.6 is 23.8 Å². The number of nitrogens with one attached hydrogen (secondary N) is 3. The lowest BCUT2D eigenvalue weighted by atomic mass is 10.2. The number of thiocarbonyl (C=S) groups is 1. The van der Waals surface area contributed by atoms with Crippen molar-refractivity contribution in [3.63, 3.8) is 0 Å². The molecular weight excluding hydrogens is 468 g/mol. The summed E-state index contributed by atoms with van der Waals surface area (Å²) in [6.07, 6.45) is 2.71. The van der Waals surface area contributed by atoms with Crippen LogP contribution in [-0.4, -0.2) is 54.1 Å². The Bertz CT molecular complexity index is 1160. The van der Waals surface area contributed by atoms with E-state index in [4.69, 9.17) is 23.8 Å². The average molecular weight is 495 g/mol. The van der Waals surface area contributed by atoms with Crippen molar-refractivity contribution in [3.8, 4) is 0 Å². The number of nitrogens with zero attached hydrogens (tertiary/aromatic N) is 3. The third-order valence-corrected chi connectivity index (χ3v) is 6.30. The molecule has 0 saturated carbocycles. The number of likely N-dealkylation sites (N-methyl/N-ethyl adjacent to an activating group) is 2. The molecule has 1 aliphatic heterocycles. The Morgan fingerprint density at radius 3 is 2.35 bits per heavy atom. The Hall–Kier alpha value is -3.20. The minimum absolute atomic E-state index is 0.260. The van der Waals surface area contributed by atoms with E-state index in [1.807, 2.05) is 30.3 Å². The predicted octanol–water partition coefficient (Wildman–Crippen LogP) is 4.94. The zero-order valence-corrected chi connectivity index (χ0v) is 20.7. The second kappa shape index (κ2) is 10.8. The molecule has 9 heteroatoms. The van der Waals surface area contributed by atoms with E-state index in [-0.39, 0.29) is 5.91 Å². The predicted molar refractivity (Wildman–Crippen MR) is 144 cm³/mol. The molecule has 1 aromatic heterocycles. The maximum absolute atomic E-state index is 12.2. The quantitative estimate of drug-likeness (QED) is 0.419. The number of hydrogen-bond acceptors (Lipinski definition) is 5. The summed E-state index contributed by atoms with van der Waals surface area (Å²) in [5.74, 6) is -0.260. The van der Waals surface area contributed by atoms with Gasteiger partial charge < -0.3 is 25.8 Å². The van der Waals surface area contributed by atoms with Gasteiger partial charge in [-0.1, -0.05) is 17.7 Å². The van der Waals surface area contributed by atoms with E-state index in [1.54, 1.807) is 36.5 Å². The van der Waals surface area contributed by atoms with E-state index in [0.717, 1.165) is 36.6 Å². The summed E-state index contributed by atoms with van der Waals surface area (Å²) in [6.45, 7) is 2.14. The van der Waals surface area contributed by atoms with Gasteiger partial charge in [-0.05, 0) is 86.8 Å². The van der Waals surface area contributed by atoms with E-state index < -0.39 is 0 Å². The lowest BCUT2D eigenvalue weighted by Gasteiger charge is -2.27. The van der Waals surface area contributed by atoms with Crippen LogP contribution in [0.25, 0.3) is 0 Å². The molecule has 0 spiro atoms. The molecule has 176 valence electrons. The van der Waals surface area contributed by atoms with Crippen molar-refractivity contribution in [1.29, 1.82) is 0 Å². The van der Waals surface area contributed by atoms with Gasteiger partial charge in [0.05, 0.1) is 10.7 Å². The van der Waals surface area contributed by atoms with Gasteiger partial charge >= 0.3 is 0 Å². The van der Waals surface area contributed by atoms with Gasteiger partial charge in [0.15, 0.2) is 5.11 Å². The normalized spacial score (nSPS) is 15.6. The third kappa shape index (κ3) is 6.02. The van der Waals surface area contributed by atoms with E-state index in [2.05, 4.69) is 44.8 Å². The van der Waals surface area contributed by atoms with Gasteiger partial charge in [0.1, 0.15) is 5.69 Å². The summed E-state index contributed by atoms with van der Waals surface area (Å²) in [7, 11) is 4.23. The number of aromatic nitrogens is 1. The largest absolute Gasteiger partial charge is 0.369 e. The summed E-state index contributed by atoms with van der Waals surface area (Å²) in [5, 5.41) is 10.3. The van der Waals surface area contributed by atoms with Crippen LogP contribution in [0.5, 0.6) is 0 Å². The van der Waals surface area contributed by atoms with Crippen molar-refractivity contribution in [2.75, 3.05) is 48.0 Å². The van der Waals surface area contributed by atoms with Gasteiger partial charge in [0.25, 0.3) is 5.91 Å². The fraction of sp³-hybridized carbons (Fsp3) is 0.240. The highest BCUT2D eigenvalue weighted by atomic mass is 35.5. The van der Waals surface area contributed by atoms with Crippen molar-refractivity contribution in [1.82, 2.24) is 9.88 Å². The first kappa shape index (κ1) is 23.9. The highest BCUT2D eigenvalue weighted by Gasteiger charge is 2.24. The highest BCUT2D eigenvalue weighted by Crippen LogP contribution is 2.31. The Balaban J connectivity index is 1.32. The van der Waals surface area contributed by atoms with Crippen LogP contribution < -0.4 is 20.9 Å². The number of rotatable bonds is 6. The lowest BCUT2D eigenvalue weighted by Crippen LogP contribution is -2.33. The van der Waals surface area contributed by atoms with Gasteiger partial charge in [-0.3, -0.25) is 9.78 Å². The van der Waals surface area contributed by atoms with Crippen molar-refractivity contribution in [3.05, 3.63) is 77.6 Å². The average Bonchev–Trinajstić information content (AvgIpc) is 3.27. The summed E-state index contributed by atoms with van der Waals surface area (Å²) in [4.78, 5) is 20.9. The Morgan fingerprint density at radius 2 is 1.74 bits per heavy atom. The Labute approximate surface area is 210 Å². The van der Waals surface area contributed by atoms with E-state index in [1.165, 1.54) is 0 Å². The molecule has 1 atom stereocenters. The molecule has 1 amide bonds. The maximum atomic E-state index is 12.2. The number of hydrogen-bond donors (Lipinski definition) is 3. The molecule has 1 fully saturated rings. The standard InChI is InChI=1S/C25H27ClN6OS/c1-31-14-12-20(16-31)32(2)23-11-10-19(15-21(23)26)30-25(34)29-18-8-6-17(7-9-18)28-24(33)22-5-3-4-13-27-22/h3-11,13,15,20H,12,14,16H2,1-2H3,(H,28,33)(H2,29,30,34). The van der Waals surface area contributed by atoms with Crippen LogP contribution in [0.15, 0.2) is 66.9 Å². The van der Waals surface area contributed by atoms with Gasteiger partial charge in [-0.25, -0.2) is 0 Å². The lowest BCUT2D eigenvalue weighted by molar-refractivity contribution is 0.102. The molecule has 1 unspecified atom stereocenters. The minimum Gasteiger partial charge on any atom is -0.369 e. The molecule has 3 aromatic rings. The molecule has 0 aliphatic carbocycles. The monoisotopic (exact) mass is 494 g/mol. The molecule has 1 saturated heterocycles. The first-order chi connectivity index (χ1) is 16.4. The van der Waals surface area contributed by atoms with Crippen LogP contribution in [0.4, 0.5) is 22.7 Å². The second-order valence-corrected chi connectivity index (χ2v) is 9.12. The summed E-state index contributed by atoms with van der Waals surface area (Å²) >= 11 is 12.0. The van der Waals surface area contributed by atoms with Crippen LogP contribution in [0.2, 0.25) is 5.02 Å². The minimum atomic E-state index is -0.260. The first-order valence-electron chi connectivity index (χ1n) is 11.0. The molecule has 4 rings (SSSR count). The Morgan fingerprint density at radius 1 is 1.06 bits per heavy atom. The summed E-state index contributed by atoms with van der Waals surface area (Å²) in [5.41, 5.74) is 3.64. The third-order valence-electron chi connectivity index (χ3n) is 5.80. The smallest absolute Gasteiger partial charge is 0.274 e. The number of anilines is 4. The SMILES string of the molecule is CN1CCC(N(C)c2ccc(NC(=S)Nc3ccc(NC(=O)c4ccccn4)cc3)cc2Cl)C1. The van der Waals surface area contributed by atoms with Crippen LogP contribution in [0.3, 0.4) is 0 Å². The van der Waals surface area contributed by atoms with Crippen molar-refractivity contribution in [2.24, 2.45) is 0 Å². The van der Waals surface area contributed by atoms with Crippen molar-refractivity contribution >= 4 is 57.6 Å². The number of amides is 1. The maximum Gasteiger partial charge on any atom is 0.274 e. The second-order valence-electron chi connectivity index (χ2n) is 8.31.